The molecule has 6 heteroatoms. The Hall–Kier alpha value is -3.41. The molecule has 130 valence electrons. The summed E-state index contributed by atoms with van der Waals surface area (Å²) in [6, 6.07) is 17.3. The van der Waals surface area contributed by atoms with Gasteiger partial charge >= 0.3 is 6.03 Å². The first-order valence-electron chi connectivity index (χ1n) is 8.59. The lowest BCUT2D eigenvalue weighted by Gasteiger charge is -2.10. The van der Waals surface area contributed by atoms with Crippen molar-refractivity contribution in [2.24, 2.45) is 0 Å². The second kappa shape index (κ2) is 6.84. The Bertz CT molecular complexity index is 1080. The minimum Gasteiger partial charge on any atom is -0.331 e. The van der Waals surface area contributed by atoms with Crippen LogP contribution in [0.2, 0.25) is 0 Å². The first-order valence-corrected chi connectivity index (χ1v) is 8.59. The van der Waals surface area contributed by atoms with Gasteiger partial charge in [0, 0.05) is 18.1 Å². The number of amides is 2. The lowest BCUT2D eigenvalue weighted by atomic mass is 10.2. The van der Waals surface area contributed by atoms with Gasteiger partial charge in [-0.1, -0.05) is 30.3 Å². The quantitative estimate of drug-likeness (QED) is 0.589. The van der Waals surface area contributed by atoms with Crippen LogP contribution in [-0.2, 0) is 13.1 Å². The highest BCUT2D eigenvalue weighted by Gasteiger charge is 2.11. The molecule has 0 fully saturated rings. The minimum atomic E-state index is -0.280. The molecule has 2 amide bonds. The van der Waals surface area contributed by atoms with E-state index in [1.165, 1.54) is 0 Å². The Morgan fingerprint density at radius 3 is 2.81 bits per heavy atom. The van der Waals surface area contributed by atoms with Crippen LogP contribution in [0.3, 0.4) is 0 Å². The molecular weight excluding hydrogens is 326 g/mol. The van der Waals surface area contributed by atoms with E-state index in [-0.39, 0.29) is 6.03 Å². The van der Waals surface area contributed by atoms with Gasteiger partial charge in [0.15, 0.2) is 0 Å². The third-order valence-electron chi connectivity index (χ3n) is 4.34. The number of nitrogens with zero attached hydrogens (tertiary/aromatic N) is 3. The molecule has 0 bridgehead atoms. The molecule has 2 aromatic heterocycles. The van der Waals surface area contributed by atoms with E-state index in [2.05, 4.69) is 32.1 Å². The standard InChI is InChI=1S/C20H19N5O/c1-2-25-17-11-4-3-9-15(17)23-18(25)13-22-20(26)24-16-10-5-7-14-8-6-12-21-19(14)16/h3-12H,2,13H2,1H3,(H2,22,24,26). The average Bonchev–Trinajstić information content (AvgIpc) is 3.04. The van der Waals surface area contributed by atoms with Crippen LogP contribution < -0.4 is 10.6 Å². The molecule has 0 unspecified atom stereocenters. The second-order valence-electron chi connectivity index (χ2n) is 5.95. The predicted octanol–water partition coefficient (Wildman–Crippen LogP) is 3.93. The predicted molar refractivity (Wildman–Crippen MR) is 103 cm³/mol. The molecule has 0 aliphatic rings. The molecule has 4 aromatic rings. The summed E-state index contributed by atoms with van der Waals surface area (Å²) in [5, 5.41) is 6.75. The van der Waals surface area contributed by atoms with Gasteiger partial charge in [0.25, 0.3) is 0 Å². The summed E-state index contributed by atoms with van der Waals surface area (Å²) in [6.45, 7) is 3.22. The fourth-order valence-corrected chi connectivity index (χ4v) is 3.14. The topological polar surface area (TPSA) is 71.8 Å². The molecule has 2 heterocycles. The zero-order valence-corrected chi connectivity index (χ0v) is 14.4. The van der Waals surface area contributed by atoms with Crippen molar-refractivity contribution in [3.05, 3.63) is 66.6 Å². The fraction of sp³-hybridized carbons (Fsp3) is 0.150. The maximum Gasteiger partial charge on any atom is 0.319 e. The molecule has 0 saturated heterocycles. The van der Waals surface area contributed by atoms with Crippen molar-refractivity contribution < 1.29 is 4.79 Å². The first-order chi connectivity index (χ1) is 12.8. The van der Waals surface area contributed by atoms with Crippen LogP contribution in [0.4, 0.5) is 10.5 Å². The van der Waals surface area contributed by atoms with Crippen LogP contribution in [0.5, 0.6) is 0 Å². The molecule has 0 aliphatic heterocycles. The Morgan fingerprint density at radius 2 is 1.92 bits per heavy atom. The smallest absolute Gasteiger partial charge is 0.319 e. The lowest BCUT2D eigenvalue weighted by Crippen LogP contribution is -2.29. The Balaban J connectivity index is 1.51. The molecule has 0 spiro atoms. The van der Waals surface area contributed by atoms with Crippen LogP contribution >= 0.6 is 0 Å². The average molecular weight is 345 g/mol. The minimum absolute atomic E-state index is 0.280. The van der Waals surface area contributed by atoms with E-state index in [0.29, 0.717) is 12.2 Å². The molecule has 6 nitrogen and oxygen atoms in total. The number of anilines is 1. The monoisotopic (exact) mass is 345 g/mol. The summed E-state index contributed by atoms with van der Waals surface area (Å²) < 4.78 is 2.11. The number of imidazole rings is 1. The molecule has 0 atom stereocenters. The number of nitrogens with one attached hydrogen (secondary N) is 2. The van der Waals surface area contributed by atoms with E-state index in [1.54, 1.807) is 6.20 Å². The van der Waals surface area contributed by atoms with E-state index >= 15 is 0 Å². The Kier molecular flexibility index (Phi) is 4.23. The second-order valence-corrected chi connectivity index (χ2v) is 5.95. The van der Waals surface area contributed by atoms with Crippen LogP contribution in [0.1, 0.15) is 12.7 Å². The lowest BCUT2D eigenvalue weighted by molar-refractivity contribution is 0.251. The molecule has 0 radical (unpaired) electrons. The number of benzene rings is 2. The third-order valence-corrected chi connectivity index (χ3v) is 4.34. The summed E-state index contributed by atoms with van der Waals surface area (Å²) in [7, 11) is 0. The van der Waals surface area contributed by atoms with Crippen molar-refractivity contribution in [3.63, 3.8) is 0 Å². The highest BCUT2D eigenvalue weighted by molar-refractivity contribution is 5.99. The van der Waals surface area contributed by atoms with E-state index in [1.807, 2.05) is 54.6 Å². The normalized spacial score (nSPS) is 11.0. The van der Waals surface area contributed by atoms with Gasteiger partial charge in [0.05, 0.1) is 28.8 Å². The Labute approximate surface area is 150 Å². The number of carbonyl (C=O) groups excluding carboxylic acids is 1. The number of rotatable bonds is 4. The van der Waals surface area contributed by atoms with E-state index in [0.717, 1.165) is 34.3 Å². The molecule has 0 saturated carbocycles. The summed E-state index contributed by atoms with van der Waals surface area (Å²) in [5.41, 5.74) is 3.46. The number of carbonyl (C=O) groups is 1. The fourth-order valence-electron chi connectivity index (χ4n) is 3.14. The number of urea groups is 1. The summed E-state index contributed by atoms with van der Waals surface area (Å²) in [6.07, 6.45) is 1.72. The van der Waals surface area contributed by atoms with Crippen LogP contribution in [0.15, 0.2) is 60.8 Å². The zero-order chi connectivity index (χ0) is 17.9. The molecular formula is C20H19N5O. The van der Waals surface area contributed by atoms with E-state index < -0.39 is 0 Å². The van der Waals surface area contributed by atoms with Gasteiger partial charge in [-0.05, 0) is 31.2 Å². The van der Waals surface area contributed by atoms with E-state index in [9.17, 15) is 4.79 Å². The molecule has 2 N–H and O–H groups in total. The van der Waals surface area contributed by atoms with Gasteiger partial charge < -0.3 is 15.2 Å². The number of pyridine rings is 1. The third kappa shape index (κ3) is 2.97. The number of fused-ring (bicyclic) bond motifs is 2. The maximum absolute atomic E-state index is 12.4. The van der Waals surface area contributed by atoms with Crippen LogP contribution in [-0.4, -0.2) is 20.6 Å². The number of aromatic nitrogens is 3. The highest BCUT2D eigenvalue weighted by atomic mass is 16.2. The van der Waals surface area contributed by atoms with Gasteiger partial charge in [-0.15, -0.1) is 0 Å². The first kappa shape index (κ1) is 16.1. The van der Waals surface area contributed by atoms with Crippen molar-refractivity contribution in [1.82, 2.24) is 19.9 Å². The Morgan fingerprint density at radius 1 is 1.08 bits per heavy atom. The summed E-state index contributed by atoms with van der Waals surface area (Å²) >= 11 is 0. The zero-order valence-electron chi connectivity index (χ0n) is 14.4. The molecule has 26 heavy (non-hydrogen) atoms. The van der Waals surface area contributed by atoms with Gasteiger partial charge in [0.2, 0.25) is 0 Å². The summed E-state index contributed by atoms with van der Waals surface area (Å²) in [4.78, 5) is 21.3. The van der Waals surface area contributed by atoms with Crippen LogP contribution in [0.25, 0.3) is 21.9 Å². The van der Waals surface area contributed by atoms with Crippen molar-refractivity contribution in [3.8, 4) is 0 Å². The highest BCUT2D eigenvalue weighted by Crippen LogP contribution is 2.20. The summed E-state index contributed by atoms with van der Waals surface area (Å²) in [5.74, 6) is 0.833. The maximum atomic E-state index is 12.4. The molecule has 4 rings (SSSR count). The van der Waals surface area contributed by atoms with Crippen molar-refractivity contribution in [2.75, 3.05) is 5.32 Å². The number of hydrogen-bond acceptors (Lipinski definition) is 3. The number of aryl methyl sites for hydroxylation is 1. The van der Waals surface area contributed by atoms with E-state index in [4.69, 9.17) is 0 Å². The molecule has 0 aliphatic carbocycles. The largest absolute Gasteiger partial charge is 0.331 e. The van der Waals surface area contributed by atoms with Gasteiger partial charge in [-0.25, -0.2) is 9.78 Å². The SMILES string of the molecule is CCn1c(CNC(=O)Nc2cccc3cccnc23)nc2ccccc21. The molecule has 2 aromatic carbocycles. The number of hydrogen-bond donors (Lipinski definition) is 2. The van der Waals surface area contributed by atoms with Crippen molar-refractivity contribution in [1.29, 1.82) is 0 Å². The van der Waals surface area contributed by atoms with Crippen molar-refractivity contribution >= 4 is 33.7 Å². The van der Waals surface area contributed by atoms with Gasteiger partial charge in [-0.2, -0.15) is 0 Å². The van der Waals surface area contributed by atoms with Crippen molar-refractivity contribution in [2.45, 2.75) is 20.0 Å². The van der Waals surface area contributed by atoms with Gasteiger partial charge in [-0.3, -0.25) is 4.98 Å². The van der Waals surface area contributed by atoms with Gasteiger partial charge in [0.1, 0.15) is 5.82 Å². The number of para-hydroxylation sites is 3. The van der Waals surface area contributed by atoms with Crippen LogP contribution in [0, 0.1) is 0 Å².